The zero-order valence-corrected chi connectivity index (χ0v) is 49.9. The number of nitrogens with zero attached hydrogens (tertiary/aromatic N) is 3. The van der Waals surface area contributed by atoms with E-state index in [1.165, 1.54) is 155 Å². The van der Waals surface area contributed by atoms with Gasteiger partial charge in [0.15, 0.2) is 0 Å². The molecule has 2 aliphatic rings. The van der Waals surface area contributed by atoms with Gasteiger partial charge in [0.1, 0.15) is 0 Å². The summed E-state index contributed by atoms with van der Waals surface area (Å²) in [6.45, 7) is 9.37. The molecule has 0 fully saturated rings. The SMILES string of the molecule is CCCCCc1cc2c3c(c1)N(c1c(-c4ccc(-c5ccccc5)cc4)cc(C(C)(C)C)cc1-c1ccc(-c4ccccc4)cc1)c1cc(-n4c5ccccc5c5ccccc54)ccc1B3c1ccc(-n3c4ccccc4c4ccccc43)cc1S2. The van der Waals surface area contributed by atoms with E-state index in [1.807, 2.05) is 11.8 Å². The van der Waals surface area contributed by atoms with Crippen LogP contribution in [0, 0.1) is 0 Å². The molecule has 0 amide bonds. The Labute approximate surface area is 508 Å². The third kappa shape index (κ3) is 8.65. The summed E-state index contributed by atoms with van der Waals surface area (Å²) in [6, 6.07) is 101. The van der Waals surface area contributed by atoms with Crippen LogP contribution in [0.3, 0.4) is 0 Å². The molecule has 0 N–H and O–H groups in total. The second-order valence-electron chi connectivity index (χ2n) is 24.6. The van der Waals surface area contributed by atoms with E-state index >= 15 is 0 Å². The van der Waals surface area contributed by atoms with Gasteiger partial charge < -0.3 is 14.0 Å². The highest BCUT2D eigenvalue weighted by atomic mass is 32.2. The monoisotopic (exact) mass is 1120 g/mol. The van der Waals surface area contributed by atoms with E-state index in [-0.39, 0.29) is 12.1 Å². The number of fused-ring (bicyclic) bond motifs is 10. The maximum Gasteiger partial charge on any atom is 0.249 e. The fourth-order valence-electron chi connectivity index (χ4n) is 14.1. The molecule has 0 spiro atoms. The summed E-state index contributed by atoms with van der Waals surface area (Å²) in [5.41, 5.74) is 26.9. The van der Waals surface area contributed by atoms with Crippen LogP contribution in [0.4, 0.5) is 17.1 Å². The lowest BCUT2D eigenvalue weighted by molar-refractivity contribution is 0.591. The van der Waals surface area contributed by atoms with Crippen LogP contribution in [0.1, 0.15) is 58.1 Å². The molecule has 14 aromatic rings. The number of unbranched alkanes of at least 4 members (excludes halogenated alkanes) is 2. The van der Waals surface area contributed by atoms with Crippen molar-refractivity contribution in [2.24, 2.45) is 0 Å². The molecule has 4 heterocycles. The van der Waals surface area contributed by atoms with Gasteiger partial charge in [-0.2, -0.15) is 0 Å². The first kappa shape index (κ1) is 52.0. The van der Waals surface area contributed by atoms with E-state index < -0.39 is 0 Å². The molecule has 3 nitrogen and oxygen atoms in total. The summed E-state index contributed by atoms with van der Waals surface area (Å²) in [6.07, 6.45) is 4.48. The van der Waals surface area contributed by atoms with E-state index in [0.29, 0.717) is 0 Å². The Bertz CT molecular complexity index is 4740. The summed E-state index contributed by atoms with van der Waals surface area (Å²) >= 11 is 1.96. The number of aromatic nitrogens is 2. The third-order valence-electron chi connectivity index (χ3n) is 18.4. The summed E-state index contributed by atoms with van der Waals surface area (Å²) in [5, 5.41) is 5.05. The van der Waals surface area contributed by atoms with E-state index in [9.17, 15) is 0 Å². The maximum atomic E-state index is 2.73. The van der Waals surface area contributed by atoms with Gasteiger partial charge >= 0.3 is 0 Å². The van der Waals surface area contributed by atoms with Crippen LogP contribution in [0.2, 0.25) is 0 Å². The minimum Gasteiger partial charge on any atom is -0.310 e. The summed E-state index contributed by atoms with van der Waals surface area (Å²) in [4.78, 5) is 5.37. The maximum absolute atomic E-state index is 2.73. The number of rotatable bonds is 11. The molecule has 0 aliphatic carbocycles. The molecule has 16 rings (SSSR count). The van der Waals surface area contributed by atoms with Gasteiger partial charge in [0.25, 0.3) is 0 Å². The molecule has 2 aromatic heterocycles. The van der Waals surface area contributed by atoms with Crippen molar-refractivity contribution in [1.82, 2.24) is 9.13 Å². The highest BCUT2D eigenvalue weighted by molar-refractivity contribution is 8.00. The summed E-state index contributed by atoms with van der Waals surface area (Å²) < 4.78 is 4.98. The Balaban J connectivity index is 1.00. The second-order valence-corrected chi connectivity index (χ2v) is 25.7. The van der Waals surface area contributed by atoms with Crippen LogP contribution in [-0.2, 0) is 11.8 Å². The lowest BCUT2D eigenvalue weighted by atomic mass is 9.34. The fourth-order valence-corrected chi connectivity index (χ4v) is 15.4. The van der Waals surface area contributed by atoms with E-state index in [1.54, 1.807) is 0 Å². The van der Waals surface area contributed by atoms with Gasteiger partial charge in [-0.25, -0.2) is 0 Å². The number of para-hydroxylation sites is 4. The Hall–Kier alpha value is -9.55. The molecule has 12 aromatic carbocycles. The Kier molecular flexibility index (Phi) is 12.7. The first-order valence-electron chi connectivity index (χ1n) is 30.7. The van der Waals surface area contributed by atoms with Crippen molar-refractivity contribution in [3.8, 4) is 55.9 Å². The number of hydrogen-bond donors (Lipinski definition) is 0. The van der Waals surface area contributed by atoms with Crippen molar-refractivity contribution >= 4 is 95.5 Å². The van der Waals surface area contributed by atoms with Crippen molar-refractivity contribution in [2.45, 2.75) is 68.6 Å². The quantitative estimate of drug-likeness (QED) is 0.0946. The predicted octanol–water partition coefficient (Wildman–Crippen LogP) is 20.3. The molecule has 0 bridgehead atoms. The Morgan fingerprint density at radius 3 is 1.31 bits per heavy atom. The molecule has 0 saturated carbocycles. The molecule has 5 heteroatoms. The molecular formula is C81H64BN3S. The van der Waals surface area contributed by atoms with Gasteiger partial charge in [0, 0.05) is 65.2 Å². The first-order valence-corrected chi connectivity index (χ1v) is 31.5. The van der Waals surface area contributed by atoms with Gasteiger partial charge in [0.05, 0.1) is 27.8 Å². The van der Waals surface area contributed by atoms with Crippen molar-refractivity contribution in [1.29, 1.82) is 0 Å². The number of aryl methyl sites for hydroxylation is 1. The van der Waals surface area contributed by atoms with Crippen molar-refractivity contribution < 1.29 is 0 Å². The smallest absolute Gasteiger partial charge is 0.249 e. The van der Waals surface area contributed by atoms with Crippen LogP contribution in [-0.4, -0.2) is 15.8 Å². The van der Waals surface area contributed by atoms with Crippen molar-refractivity contribution in [2.75, 3.05) is 4.90 Å². The fraction of sp³-hybridized carbons (Fsp3) is 0.111. The van der Waals surface area contributed by atoms with Crippen LogP contribution < -0.4 is 21.3 Å². The van der Waals surface area contributed by atoms with Gasteiger partial charge in [0.2, 0.25) is 6.71 Å². The first-order chi connectivity index (χ1) is 42.3. The molecule has 412 valence electrons. The number of benzene rings is 12. The number of hydrogen-bond acceptors (Lipinski definition) is 2. The Morgan fingerprint density at radius 1 is 0.384 bits per heavy atom. The molecule has 2 aliphatic heterocycles. The van der Waals surface area contributed by atoms with Crippen LogP contribution in [0.5, 0.6) is 0 Å². The van der Waals surface area contributed by atoms with Crippen molar-refractivity contribution in [3.63, 3.8) is 0 Å². The van der Waals surface area contributed by atoms with E-state index in [0.717, 1.165) is 24.9 Å². The second kappa shape index (κ2) is 20.9. The molecule has 0 atom stereocenters. The molecular weight excluding hydrogens is 1060 g/mol. The van der Waals surface area contributed by atoms with Gasteiger partial charge in [-0.05, 0) is 146 Å². The normalized spacial score (nSPS) is 12.7. The van der Waals surface area contributed by atoms with Gasteiger partial charge in [-0.3, -0.25) is 0 Å². The zero-order valence-electron chi connectivity index (χ0n) is 49.1. The van der Waals surface area contributed by atoms with Gasteiger partial charge in [-0.1, -0.05) is 252 Å². The lowest BCUT2D eigenvalue weighted by Gasteiger charge is -2.42. The highest BCUT2D eigenvalue weighted by Crippen LogP contribution is 2.52. The standard InChI is InChI=1S/C81H64BN3S/c1-5-6-9-22-53-47-76-79-78(48-53)86-77-52-62(84-73-33-20-16-29-65(73)66-30-17-21-34-74(66)84)44-46-70(77)82(79)69-45-43-61(83-71-31-18-14-27-63(71)64-28-15-19-32-72(64)83)51-75(69)85(76)80-67(58-39-35-56(36-40-58)54-23-10-7-11-24-54)49-60(81(2,3)4)50-68(80)59-41-37-57(38-42-59)55-25-12-8-13-26-55/h7-8,10-21,23-52H,5-6,9,22H2,1-4H3. The molecule has 0 unspecified atom stereocenters. The van der Waals surface area contributed by atoms with Crippen LogP contribution >= 0.6 is 11.8 Å². The highest BCUT2D eigenvalue weighted by Gasteiger charge is 2.43. The van der Waals surface area contributed by atoms with E-state index in [2.05, 4.69) is 309 Å². The topological polar surface area (TPSA) is 13.1 Å². The Morgan fingerprint density at radius 2 is 0.826 bits per heavy atom. The zero-order chi connectivity index (χ0) is 57.6. The molecule has 0 saturated heterocycles. The van der Waals surface area contributed by atoms with E-state index in [4.69, 9.17) is 0 Å². The van der Waals surface area contributed by atoms with Crippen molar-refractivity contribution in [3.05, 3.63) is 278 Å². The van der Waals surface area contributed by atoms with Crippen LogP contribution in [0.15, 0.2) is 277 Å². The molecule has 0 radical (unpaired) electrons. The largest absolute Gasteiger partial charge is 0.310 e. The minimum atomic E-state index is -0.165. The minimum absolute atomic E-state index is 0.0392. The van der Waals surface area contributed by atoms with Crippen LogP contribution in [0.25, 0.3) is 99.5 Å². The number of anilines is 3. The summed E-state index contributed by atoms with van der Waals surface area (Å²) in [5.74, 6) is 0. The lowest BCUT2D eigenvalue weighted by Crippen LogP contribution is -2.60. The average Bonchev–Trinajstić information content (AvgIpc) is 0.843. The predicted molar refractivity (Wildman–Crippen MR) is 369 cm³/mol. The third-order valence-corrected chi connectivity index (χ3v) is 19.5. The average molecular weight is 1120 g/mol. The van der Waals surface area contributed by atoms with Gasteiger partial charge in [-0.15, -0.1) is 0 Å². The molecule has 86 heavy (non-hydrogen) atoms. The summed E-state index contributed by atoms with van der Waals surface area (Å²) in [7, 11) is 0.